The summed E-state index contributed by atoms with van der Waals surface area (Å²) in [5, 5.41) is 2.81. The molecule has 2 aromatic rings. The van der Waals surface area contributed by atoms with Gasteiger partial charge in [-0.25, -0.2) is 0 Å². The lowest BCUT2D eigenvalue weighted by Gasteiger charge is -2.13. The normalized spacial score (nSPS) is 10.0. The Balaban J connectivity index is 1.92. The fraction of sp³-hybridized carbons (Fsp3) is 0.278. The van der Waals surface area contributed by atoms with Crippen LogP contribution >= 0.6 is 0 Å². The molecular formula is C18H21NO4. The molecule has 0 aliphatic carbocycles. The molecule has 2 rings (SSSR count). The number of aryl methyl sites for hydroxylation is 1. The second-order valence-corrected chi connectivity index (χ2v) is 4.96. The first-order valence-electron chi connectivity index (χ1n) is 7.34. The van der Waals surface area contributed by atoms with Gasteiger partial charge in [0.25, 0.3) is 5.91 Å². The second kappa shape index (κ2) is 8.08. The Morgan fingerprint density at radius 1 is 1.04 bits per heavy atom. The molecule has 0 spiro atoms. The van der Waals surface area contributed by atoms with Crippen molar-refractivity contribution >= 4 is 5.91 Å². The number of hydrogen-bond acceptors (Lipinski definition) is 4. The third-order valence-electron chi connectivity index (χ3n) is 3.30. The van der Waals surface area contributed by atoms with E-state index in [0.29, 0.717) is 30.2 Å². The molecule has 5 heteroatoms. The van der Waals surface area contributed by atoms with Crippen molar-refractivity contribution < 1.29 is 19.0 Å². The SMILES string of the molecule is COc1cccc(OC)c1C(=O)NCCOc1cccc(C)c1. The standard InChI is InChI=1S/C18H21NO4/c1-13-6-4-7-14(12-13)23-11-10-19-18(20)17-15(21-2)8-5-9-16(17)22-3/h4-9,12H,10-11H2,1-3H3,(H,19,20). The van der Waals surface area contributed by atoms with Crippen LogP contribution in [0.3, 0.4) is 0 Å². The maximum atomic E-state index is 12.3. The van der Waals surface area contributed by atoms with Crippen molar-refractivity contribution in [3.63, 3.8) is 0 Å². The van der Waals surface area contributed by atoms with Gasteiger partial charge in [-0.1, -0.05) is 18.2 Å². The van der Waals surface area contributed by atoms with Crippen LogP contribution in [0.4, 0.5) is 0 Å². The first-order chi connectivity index (χ1) is 11.2. The van der Waals surface area contributed by atoms with Crippen LogP contribution in [0.25, 0.3) is 0 Å². The van der Waals surface area contributed by atoms with E-state index in [2.05, 4.69) is 5.32 Å². The van der Waals surface area contributed by atoms with Gasteiger partial charge < -0.3 is 19.5 Å². The Bertz CT molecular complexity index is 648. The van der Waals surface area contributed by atoms with E-state index in [-0.39, 0.29) is 5.91 Å². The molecule has 0 bridgehead atoms. The minimum Gasteiger partial charge on any atom is -0.496 e. The Labute approximate surface area is 136 Å². The lowest BCUT2D eigenvalue weighted by molar-refractivity contribution is 0.0940. The summed E-state index contributed by atoms with van der Waals surface area (Å²) in [5.41, 5.74) is 1.51. The number of hydrogen-bond donors (Lipinski definition) is 1. The number of nitrogens with one attached hydrogen (secondary N) is 1. The second-order valence-electron chi connectivity index (χ2n) is 4.96. The summed E-state index contributed by atoms with van der Waals surface area (Å²) in [4.78, 5) is 12.3. The highest BCUT2D eigenvalue weighted by atomic mass is 16.5. The van der Waals surface area contributed by atoms with Crippen molar-refractivity contribution in [2.45, 2.75) is 6.92 Å². The Morgan fingerprint density at radius 2 is 1.70 bits per heavy atom. The number of amides is 1. The monoisotopic (exact) mass is 315 g/mol. The van der Waals surface area contributed by atoms with Gasteiger partial charge in [-0.3, -0.25) is 4.79 Å². The largest absolute Gasteiger partial charge is 0.496 e. The minimum absolute atomic E-state index is 0.257. The van der Waals surface area contributed by atoms with Crippen LogP contribution in [-0.2, 0) is 0 Å². The molecule has 0 saturated carbocycles. The molecule has 0 aromatic heterocycles. The van der Waals surface area contributed by atoms with Gasteiger partial charge in [0.05, 0.1) is 20.8 Å². The molecular weight excluding hydrogens is 294 g/mol. The van der Waals surface area contributed by atoms with Crippen molar-refractivity contribution in [1.29, 1.82) is 0 Å². The van der Waals surface area contributed by atoms with Gasteiger partial charge in [-0.2, -0.15) is 0 Å². The van der Waals surface area contributed by atoms with Crippen LogP contribution < -0.4 is 19.5 Å². The summed E-state index contributed by atoms with van der Waals surface area (Å²) in [5.74, 6) is 1.48. The summed E-state index contributed by atoms with van der Waals surface area (Å²) in [7, 11) is 3.04. The van der Waals surface area contributed by atoms with E-state index in [4.69, 9.17) is 14.2 Å². The van der Waals surface area contributed by atoms with Crippen LogP contribution in [-0.4, -0.2) is 33.3 Å². The summed E-state index contributed by atoms with van der Waals surface area (Å²) in [6.45, 7) is 2.77. The van der Waals surface area contributed by atoms with Gasteiger partial charge in [-0.05, 0) is 36.8 Å². The zero-order valence-corrected chi connectivity index (χ0v) is 13.6. The van der Waals surface area contributed by atoms with Crippen molar-refractivity contribution in [3.8, 4) is 17.2 Å². The van der Waals surface area contributed by atoms with Gasteiger partial charge in [-0.15, -0.1) is 0 Å². The average Bonchev–Trinajstić information content (AvgIpc) is 2.57. The van der Waals surface area contributed by atoms with Gasteiger partial charge in [0.15, 0.2) is 0 Å². The van der Waals surface area contributed by atoms with Gasteiger partial charge in [0, 0.05) is 0 Å². The molecule has 0 atom stereocenters. The van der Waals surface area contributed by atoms with Gasteiger partial charge >= 0.3 is 0 Å². The number of ether oxygens (including phenoxy) is 3. The van der Waals surface area contributed by atoms with E-state index in [1.54, 1.807) is 18.2 Å². The topological polar surface area (TPSA) is 56.8 Å². The van der Waals surface area contributed by atoms with Crippen LogP contribution in [0.2, 0.25) is 0 Å². The summed E-state index contributed by atoms with van der Waals surface area (Å²) < 4.78 is 16.1. The van der Waals surface area contributed by atoms with Gasteiger partial charge in [0.2, 0.25) is 0 Å². The van der Waals surface area contributed by atoms with E-state index in [0.717, 1.165) is 11.3 Å². The highest BCUT2D eigenvalue weighted by Crippen LogP contribution is 2.27. The molecule has 0 aliphatic rings. The maximum absolute atomic E-state index is 12.3. The number of carbonyl (C=O) groups excluding carboxylic acids is 1. The average molecular weight is 315 g/mol. The van der Waals surface area contributed by atoms with Crippen molar-refractivity contribution in [1.82, 2.24) is 5.32 Å². The molecule has 1 N–H and O–H groups in total. The summed E-state index contributed by atoms with van der Waals surface area (Å²) in [6.07, 6.45) is 0. The van der Waals surface area contributed by atoms with Crippen LogP contribution in [0.5, 0.6) is 17.2 Å². The molecule has 0 unspecified atom stereocenters. The lowest BCUT2D eigenvalue weighted by Crippen LogP contribution is -2.28. The highest BCUT2D eigenvalue weighted by molar-refractivity contribution is 5.99. The van der Waals surface area contributed by atoms with E-state index < -0.39 is 0 Å². The maximum Gasteiger partial charge on any atom is 0.258 e. The van der Waals surface area contributed by atoms with Crippen molar-refractivity contribution in [2.24, 2.45) is 0 Å². The van der Waals surface area contributed by atoms with Crippen LogP contribution in [0, 0.1) is 6.92 Å². The zero-order valence-electron chi connectivity index (χ0n) is 13.6. The first-order valence-corrected chi connectivity index (χ1v) is 7.34. The molecule has 1 amide bonds. The summed E-state index contributed by atoms with van der Waals surface area (Å²) in [6, 6.07) is 13.0. The lowest BCUT2D eigenvalue weighted by atomic mass is 10.1. The zero-order chi connectivity index (χ0) is 16.7. The molecule has 0 saturated heterocycles. The van der Waals surface area contributed by atoms with Gasteiger partial charge in [0.1, 0.15) is 29.4 Å². The van der Waals surface area contributed by atoms with Crippen LogP contribution in [0.15, 0.2) is 42.5 Å². The molecule has 0 heterocycles. The third kappa shape index (κ3) is 4.39. The number of benzene rings is 2. The highest BCUT2D eigenvalue weighted by Gasteiger charge is 2.17. The predicted octanol–water partition coefficient (Wildman–Crippen LogP) is 2.82. The Morgan fingerprint density at radius 3 is 2.30 bits per heavy atom. The smallest absolute Gasteiger partial charge is 0.258 e. The number of methoxy groups -OCH3 is 2. The van der Waals surface area contributed by atoms with E-state index in [1.165, 1.54) is 14.2 Å². The van der Waals surface area contributed by atoms with Crippen LogP contribution in [0.1, 0.15) is 15.9 Å². The number of rotatable bonds is 7. The minimum atomic E-state index is -0.257. The van der Waals surface area contributed by atoms with E-state index >= 15 is 0 Å². The molecule has 0 radical (unpaired) electrons. The third-order valence-corrected chi connectivity index (χ3v) is 3.30. The molecule has 23 heavy (non-hydrogen) atoms. The fourth-order valence-corrected chi connectivity index (χ4v) is 2.20. The molecule has 2 aromatic carbocycles. The summed E-state index contributed by atoms with van der Waals surface area (Å²) >= 11 is 0. The Hall–Kier alpha value is -2.69. The van der Waals surface area contributed by atoms with E-state index in [1.807, 2.05) is 31.2 Å². The van der Waals surface area contributed by atoms with Crippen molar-refractivity contribution in [3.05, 3.63) is 53.6 Å². The number of carbonyl (C=O) groups is 1. The quantitative estimate of drug-likeness (QED) is 0.798. The molecule has 0 fully saturated rings. The predicted molar refractivity (Wildman–Crippen MR) is 88.6 cm³/mol. The molecule has 0 aliphatic heterocycles. The van der Waals surface area contributed by atoms with Crippen molar-refractivity contribution in [2.75, 3.05) is 27.4 Å². The molecule has 122 valence electrons. The fourth-order valence-electron chi connectivity index (χ4n) is 2.20. The molecule has 5 nitrogen and oxygen atoms in total. The first kappa shape index (κ1) is 16.7. The Kier molecular flexibility index (Phi) is 5.86. The van der Waals surface area contributed by atoms with E-state index in [9.17, 15) is 4.79 Å².